The molecule has 0 radical (unpaired) electrons. The molecular weight excluding hydrogens is 356 g/mol. The fourth-order valence-corrected chi connectivity index (χ4v) is 2.92. The van der Waals surface area contributed by atoms with Crippen LogP contribution >= 0.6 is 0 Å². The molecule has 0 amide bonds. The molecule has 5 nitrogen and oxygen atoms in total. The van der Waals surface area contributed by atoms with Crippen LogP contribution in [-0.2, 0) is 26.3 Å². The third-order valence-electron chi connectivity index (χ3n) is 4.42. The maximum absolute atomic E-state index is 12.8. The van der Waals surface area contributed by atoms with Crippen molar-refractivity contribution in [1.29, 1.82) is 0 Å². The van der Waals surface area contributed by atoms with Gasteiger partial charge in [0.25, 0.3) is 0 Å². The summed E-state index contributed by atoms with van der Waals surface area (Å²) in [6, 6.07) is 25.3. The standard InChI is InChI=1S/C23H20O5/c24-20(16-17-10-4-1-5-11-17)21(25)28-22(26)23(27,18-12-6-2-7-13-18)19-14-8-3-9-15-19/h1-15,20,24,27H,16H2. The van der Waals surface area contributed by atoms with E-state index in [4.69, 9.17) is 4.74 Å². The lowest BCUT2D eigenvalue weighted by molar-refractivity contribution is -0.176. The quantitative estimate of drug-likeness (QED) is 0.510. The summed E-state index contributed by atoms with van der Waals surface area (Å²) in [5.41, 5.74) is -0.932. The number of hydrogen-bond donors (Lipinski definition) is 2. The Labute approximate surface area is 162 Å². The Hall–Kier alpha value is -3.28. The first kappa shape index (κ1) is 19.5. The lowest BCUT2D eigenvalue weighted by Crippen LogP contribution is -2.41. The Morgan fingerprint density at radius 1 is 0.786 bits per heavy atom. The molecule has 0 aliphatic carbocycles. The van der Waals surface area contributed by atoms with Gasteiger partial charge in [0.1, 0.15) is 0 Å². The Kier molecular flexibility index (Phi) is 5.99. The molecule has 1 atom stereocenters. The van der Waals surface area contributed by atoms with Crippen molar-refractivity contribution in [2.45, 2.75) is 18.1 Å². The van der Waals surface area contributed by atoms with Crippen LogP contribution in [0.25, 0.3) is 0 Å². The van der Waals surface area contributed by atoms with E-state index in [2.05, 4.69) is 0 Å². The third-order valence-corrected chi connectivity index (χ3v) is 4.42. The molecule has 2 N–H and O–H groups in total. The predicted octanol–water partition coefficient (Wildman–Crippen LogP) is 2.60. The smallest absolute Gasteiger partial charge is 0.355 e. The molecule has 0 fully saturated rings. The highest BCUT2D eigenvalue weighted by Gasteiger charge is 2.43. The first-order valence-electron chi connectivity index (χ1n) is 8.83. The van der Waals surface area contributed by atoms with Gasteiger partial charge in [-0.3, -0.25) is 0 Å². The van der Waals surface area contributed by atoms with E-state index >= 15 is 0 Å². The van der Waals surface area contributed by atoms with Crippen LogP contribution in [0.2, 0.25) is 0 Å². The monoisotopic (exact) mass is 376 g/mol. The minimum Gasteiger partial charge on any atom is -0.388 e. The van der Waals surface area contributed by atoms with Crippen molar-refractivity contribution < 1.29 is 24.5 Å². The van der Waals surface area contributed by atoms with Gasteiger partial charge in [-0.1, -0.05) is 91.0 Å². The van der Waals surface area contributed by atoms with Gasteiger partial charge >= 0.3 is 11.9 Å². The van der Waals surface area contributed by atoms with Crippen molar-refractivity contribution in [2.24, 2.45) is 0 Å². The summed E-state index contributed by atoms with van der Waals surface area (Å²) < 4.78 is 4.88. The second-order valence-corrected chi connectivity index (χ2v) is 6.36. The fraction of sp³-hybridized carbons (Fsp3) is 0.130. The molecule has 0 saturated heterocycles. The van der Waals surface area contributed by atoms with Crippen LogP contribution in [0.3, 0.4) is 0 Å². The molecule has 0 spiro atoms. The van der Waals surface area contributed by atoms with Gasteiger partial charge in [-0.15, -0.1) is 0 Å². The summed E-state index contributed by atoms with van der Waals surface area (Å²) in [6.45, 7) is 0. The maximum atomic E-state index is 12.8. The zero-order valence-electron chi connectivity index (χ0n) is 15.1. The largest absolute Gasteiger partial charge is 0.388 e. The Bertz CT molecular complexity index is 883. The molecular formula is C23H20O5. The molecule has 142 valence electrons. The van der Waals surface area contributed by atoms with Crippen LogP contribution in [0.15, 0.2) is 91.0 Å². The van der Waals surface area contributed by atoms with E-state index in [1.165, 1.54) is 0 Å². The lowest BCUT2D eigenvalue weighted by Gasteiger charge is -2.26. The predicted molar refractivity (Wildman–Crippen MR) is 103 cm³/mol. The Morgan fingerprint density at radius 3 is 1.68 bits per heavy atom. The van der Waals surface area contributed by atoms with Crippen molar-refractivity contribution in [3.8, 4) is 0 Å². The number of hydrogen-bond acceptors (Lipinski definition) is 5. The van der Waals surface area contributed by atoms with Gasteiger partial charge in [0, 0.05) is 6.42 Å². The average Bonchev–Trinajstić information content (AvgIpc) is 2.75. The number of carbonyl (C=O) groups excluding carboxylic acids is 2. The summed E-state index contributed by atoms with van der Waals surface area (Å²) in [4.78, 5) is 25.1. The highest BCUT2D eigenvalue weighted by molar-refractivity contribution is 5.94. The molecule has 3 aromatic rings. The van der Waals surface area contributed by atoms with Gasteiger partial charge in [0.2, 0.25) is 5.60 Å². The molecule has 0 aliphatic heterocycles. The van der Waals surface area contributed by atoms with E-state index in [9.17, 15) is 19.8 Å². The molecule has 0 aromatic heterocycles. The minimum atomic E-state index is -2.18. The van der Waals surface area contributed by atoms with Crippen molar-refractivity contribution in [3.05, 3.63) is 108 Å². The first-order valence-corrected chi connectivity index (χ1v) is 8.83. The molecule has 3 rings (SSSR count). The number of ether oxygens (including phenoxy) is 1. The molecule has 0 saturated carbocycles. The zero-order chi connectivity index (χ0) is 20.0. The van der Waals surface area contributed by atoms with Crippen molar-refractivity contribution >= 4 is 11.9 Å². The van der Waals surface area contributed by atoms with E-state index in [-0.39, 0.29) is 17.5 Å². The van der Waals surface area contributed by atoms with Crippen molar-refractivity contribution in [2.75, 3.05) is 0 Å². The number of aliphatic hydroxyl groups is 2. The molecule has 3 aromatic carbocycles. The van der Waals surface area contributed by atoms with Gasteiger partial charge in [0.05, 0.1) is 0 Å². The molecule has 0 bridgehead atoms. The molecule has 0 aliphatic rings. The first-order chi connectivity index (χ1) is 13.5. The second kappa shape index (κ2) is 8.61. The summed E-state index contributed by atoms with van der Waals surface area (Å²) in [7, 11) is 0. The average molecular weight is 376 g/mol. The summed E-state index contributed by atoms with van der Waals surface area (Å²) in [5, 5.41) is 21.4. The molecule has 1 unspecified atom stereocenters. The lowest BCUT2D eigenvalue weighted by atomic mass is 9.86. The number of esters is 2. The summed E-state index contributed by atoms with van der Waals surface area (Å²) in [6.07, 6.45) is -1.52. The van der Waals surface area contributed by atoms with Gasteiger partial charge in [-0.05, 0) is 16.7 Å². The van der Waals surface area contributed by atoms with Crippen LogP contribution < -0.4 is 0 Å². The SMILES string of the molecule is O=C(OC(=O)C(O)(c1ccccc1)c1ccccc1)C(O)Cc1ccccc1. The fourth-order valence-electron chi connectivity index (χ4n) is 2.92. The molecule has 0 heterocycles. The summed E-state index contributed by atoms with van der Waals surface area (Å²) >= 11 is 0. The van der Waals surface area contributed by atoms with Crippen LogP contribution in [0.4, 0.5) is 0 Å². The Morgan fingerprint density at radius 2 is 1.21 bits per heavy atom. The third kappa shape index (κ3) is 4.17. The Balaban J connectivity index is 1.83. The van der Waals surface area contributed by atoms with Gasteiger partial charge in [-0.25, -0.2) is 9.59 Å². The minimum absolute atomic E-state index is 0.00204. The van der Waals surface area contributed by atoms with E-state index in [0.717, 1.165) is 5.56 Å². The van der Waals surface area contributed by atoms with Crippen molar-refractivity contribution in [3.63, 3.8) is 0 Å². The van der Waals surface area contributed by atoms with E-state index < -0.39 is 23.6 Å². The topological polar surface area (TPSA) is 83.8 Å². The zero-order valence-corrected chi connectivity index (χ0v) is 15.1. The number of benzene rings is 3. The van der Waals surface area contributed by atoms with Crippen LogP contribution in [0, 0.1) is 0 Å². The van der Waals surface area contributed by atoms with Gasteiger partial charge in [0.15, 0.2) is 6.10 Å². The number of carbonyl (C=O) groups is 2. The summed E-state index contributed by atoms with van der Waals surface area (Å²) in [5.74, 6) is -2.28. The van der Waals surface area contributed by atoms with Crippen molar-refractivity contribution in [1.82, 2.24) is 0 Å². The van der Waals surface area contributed by atoms with Crippen LogP contribution in [0.5, 0.6) is 0 Å². The van der Waals surface area contributed by atoms with Crippen LogP contribution in [-0.4, -0.2) is 28.3 Å². The maximum Gasteiger partial charge on any atom is 0.355 e. The highest BCUT2D eigenvalue weighted by atomic mass is 16.6. The second-order valence-electron chi connectivity index (χ2n) is 6.36. The van der Waals surface area contributed by atoms with Gasteiger partial charge in [-0.2, -0.15) is 0 Å². The molecule has 28 heavy (non-hydrogen) atoms. The van der Waals surface area contributed by atoms with E-state index in [1.54, 1.807) is 84.9 Å². The van der Waals surface area contributed by atoms with E-state index in [0.29, 0.717) is 0 Å². The van der Waals surface area contributed by atoms with E-state index in [1.807, 2.05) is 6.07 Å². The highest BCUT2D eigenvalue weighted by Crippen LogP contribution is 2.31. The van der Waals surface area contributed by atoms with Crippen LogP contribution in [0.1, 0.15) is 16.7 Å². The molecule has 5 heteroatoms. The normalized spacial score (nSPS) is 12.2. The van der Waals surface area contributed by atoms with Gasteiger partial charge < -0.3 is 14.9 Å². The number of aliphatic hydroxyl groups excluding tert-OH is 1. The number of rotatable bonds is 6.